The zero-order valence-corrected chi connectivity index (χ0v) is 23.1. The van der Waals surface area contributed by atoms with Crippen LogP contribution in [0.5, 0.6) is 5.75 Å². The third-order valence-electron chi connectivity index (χ3n) is 5.72. The largest absolute Gasteiger partial charge is 0.459 e. The van der Waals surface area contributed by atoms with E-state index in [9.17, 15) is 13.0 Å². The molecule has 3 unspecified atom stereocenters. The number of pyridine rings is 1. The molecule has 202 valence electrons. The Labute approximate surface area is 223 Å². The van der Waals surface area contributed by atoms with Gasteiger partial charge < -0.3 is 15.4 Å². The fourth-order valence-corrected chi connectivity index (χ4v) is 5.05. The maximum atomic E-state index is 12.7. The summed E-state index contributed by atoms with van der Waals surface area (Å²) in [5.74, 6) is -1.20. The first-order valence-electron chi connectivity index (χ1n) is 12.2. The SMILES string of the molecule is C=C(C)S/C(=C(/Oc1cnc(NS(=O)C(F)F)c(C)c1)C(C)CC)c1ccnc(NC2CCCNC2)n1. The molecule has 12 heteroatoms. The van der Waals surface area contributed by atoms with E-state index in [0.717, 1.165) is 42.2 Å². The highest BCUT2D eigenvalue weighted by atomic mass is 32.2. The van der Waals surface area contributed by atoms with E-state index in [1.165, 1.54) is 18.0 Å². The van der Waals surface area contributed by atoms with Crippen LogP contribution in [-0.4, -0.2) is 44.0 Å². The number of ether oxygens (including phenoxy) is 1. The van der Waals surface area contributed by atoms with Crippen LogP contribution in [-0.2, 0) is 11.0 Å². The van der Waals surface area contributed by atoms with E-state index in [0.29, 0.717) is 28.7 Å². The molecular formula is C25H34F2N6O2S2. The Kier molecular flexibility index (Phi) is 10.8. The average Bonchev–Trinajstić information content (AvgIpc) is 2.87. The van der Waals surface area contributed by atoms with Crippen molar-refractivity contribution in [3.63, 3.8) is 0 Å². The summed E-state index contributed by atoms with van der Waals surface area (Å²) in [6.07, 6.45) is 6.10. The van der Waals surface area contributed by atoms with Gasteiger partial charge in [0.1, 0.15) is 17.3 Å². The number of halogens is 2. The van der Waals surface area contributed by atoms with Crippen molar-refractivity contribution in [2.45, 2.75) is 58.8 Å². The fourth-order valence-electron chi connectivity index (χ4n) is 3.65. The Morgan fingerprint density at radius 3 is 2.81 bits per heavy atom. The normalized spacial score (nSPS) is 18.1. The first-order chi connectivity index (χ1) is 17.7. The van der Waals surface area contributed by atoms with Gasteiger partial charge in [0.15, 0.2) is 11.0 Å². The second-order valence-electron chi connectivity index (χ2n) is 8.86. The number of aromatic nitrogens is 3. The summed E-state index contributed by atoms with van der Waals surface area (Å²) in [7, 11) is -2.54. The molecule has 1 saturated heterocycles. The zero-order valence-electron chi connectivity index (χ0n) is 21.5. The Balaban J connectivity index is 1.96. The van der Waals surface area contributed by atoms with E-state index < -0.39 is 16.7 Å². The van der Waals surface area contributed by atoms with Crippen LogP contribution in [0.1, 0.15) is 51.3 Å². The van der Waals surface area contributed by atoms with Gasteiger partial charge in [-0.15, -0.1) is 0 Å². The molecule has 0 spiro atoms. The van der Waals surface area contributed by atoms with Gasteiger partial charge in [0.2, 0.25) is 5.95 Å². The number of anilines is 2. The minimum absolute atomic E-state index is 0.0280. The number of aryl methyl sites for hydroxylation is 1. The molecule has 0 radical (unpaired) electrons. The molecule has 0 aromatic carbocycles. The smallest absolute Gasteiger partial charge is 0.330 e. The molecule has 0 amide bonds. The first kappa shape index (κ1) is 29.0. The molecule has 1 aliphatic heterocycles. The number of allylic oxidation sites excluding steroid dienone is 2. The second kappa shape index (κ2) is 13.8. The average molecular weight is 553 g/mol. The summed E-state index contributed by atoms with van der Waals surface area (Å²) in [5, 5.41) is 6.81. The highest BCUT2D eigenvalue weighted by Gasteiger charge is 2.22. The predicted molar refractivity (Wildman–Crippen MR) is 148 cm³/mol. The second-order valence-corrected chi connectivity index (χ2v) is 11.3. The number of alkyl halides is 2. The van der Waals surface area contributed by atoms with E-state index in [-0.39, 0.29) is 17.8 Å². The molecular weight excluding hydrogens is 518 g/mol. The summed E-state index contributed by atoms with van der Waals surface area (Å²) in [5.41, 5.74) is 1.23. The van der Waals surface area contributed by atoms with Crippen LogP contribution in [0.4, 0.5) is 20.5 Å². The van der Waals surface area contributed by atoms with Crippen LogP contribution in [0.2, 0.25) is 0 Å². The highest BCUT2D eigenvalue weighted by Crippen LogP contribution is 2.39. The summed E-state index contributed by atoms with van der Waals surface area (Å²) >= 11 is 1.47. The number of nitrogens with one attached hydrogen (secondary N) is 3. The van der Waals surface area contributed by atoms with Crippen molar-refractivity contribution in [2.75, 3.05) is 23.1 Å². The topological polar surface area (TPSA) is 101 Å². The van der Waals surface area contributed by atoms with Crippen molar-refractivity contribution in [1.29, 1.82) is 0 Å². The number of piperidine rings is 1. The van der Waals surface area contributed by atoms with Gasteiger partial charge in [-0.3, -0.25) is 4.72 Å². The van der Waals surface area contributed by atoms with Crippen molar-refractivity contribution in [3.05, 3.63) is 53.0 Å². The highest BCUT2D eigenvalue weighted by molar-refractivity contribution is 8.11. The molecule has 0 aliphatic carbocycles. The number of hydrogen-bond acceptors (Lipinski definition) is 8. The molecule has 2 aromatic rings. The van der Waals surface area contributed by atoms with Gasteiger partial charge in [-0.2, -0.15) is 8.78 Å². The van der Waals surface area contributed by atoms with Crippen molar-refractivity contribution in [1.82, 2.24) is 20.3 Å². The molecule has 2 aromatic heterocycles. The lowest BCUT2D eigenvalue weighted by atomic mass is 10.1. The zero-order chi connectivity index (χ0) is 26.9. The van der Waals surface area contributed by atoms with Crippen molar-refractivity contribution < 1.29 is 17.7 Å². The predicted octanol–water partition coefficient (Wildman–Crippen LogP) is 5.70. The van der Waals surface area contributed by atoms with Gasteiger partial charge in [0, 0.05) is 24.7 Å². The number of rotatable bonds is 12. The number of hydrogen-bond donors (Lipinski definition) is 3. The molecule has 3 rings (SSSR count). The Hall–Kier alpha value is -2.57. The van der Waals surface area contributed by atoms with E-state index in [1.807, 2.05) is 13.0 Å². The quantitative estimate of drug-likeness (QED) is 0.288. The minimum Gasteiger partial charge on any atom is -0.459 e. The van der Waals surface area contributed by atoms with Gasteiger partial charge in [0.25, 0.3) is 0 Å². The van der Waals surface area contributed by atoms with Gasteiger partial charge >= 0.3 is 5.76 Å². The van der Waals surface area contributed by atoms with Crippen LogP contribution < -0.4 is 20.1 Å². The summed E-state index contributed by atoms with van der Waals surface area (Å²) in [4.78, 5) is 15.1. The molecule has 37 heavy (non-hydrogen) atoms. The van der Waals surface area contributed by atoms with Gasteiger partial charge in [-0.05, 0) is 62.3 Å². The van der Waals surface area contributed by atoms with Gasteiger partial charge in [-0.25, -0.2) is 19.2 Å². The lowest BCUT2D eigenvalue weighted by molar-refractivity contribution is 0.244. The van der Waals surface area contributed by atoms with Crippen molar-refractivity contribution >= 4 is 39.4 Å². The first-order valence-corrected chi connectivity index (χ1v) is 14.2. The molecule has 3 heterocycles. The van der Waals surface area contributed by atoms with Crippen LogP contribution in [0, 0.1) is 12.8 Å². The van der Waals surface area contributed by atoms with Crippen LogP contribution in [0.3, 0.4) is 0 Å². The molecule has 0 bridgehead atoms. The van der Waals surface area contributed by atoms with Crippen LogP contribution >= 0.6 is 11.8 Å². The lowest BCUT2D eigenvalue weighted by Gasteiger charge is -2.24. The fraction of sp³-hybridized carbons (Fsp3) is 0.480. The molecule has 3 atom stereocenters. The standard InChI is InChI=1S/C25H34F2N6O2S2/c1-6-16(4)21(35-19-12-17(5)23(30-14-19)33-37(34)24(26)27)22(36-15(2)3)20-9-11-29-25(32-20)31-18-8-7-10-28-13-18/h9,11-12,14,16,18,24,28H,2,6-8,10,13H2,1,3-5H3,(H,30,33)(H,29,31,32)/b22-21+. The summed E-state index contributed by atoms with van der Waals surface area (Å²) in [6.45, 7) is 13.7. The Bertz CT molecular complexity index is 1140. The summed E-state index contributed by atoms with van der Waals surface area (Å²) < 4.78 is 45.5. The van der Waals surface area contributed by atoms with Gasteiger partial charge in [-0.1, -0.05) is 32.2 Å². The number of thioether (sulfide) groups is 1. The maximum absolute atomic E-state index is 12.7. The van der Waals surface area contributed by atoms with Crippen LogP contribution in [0.15, 0.2) is 41.8 Å². The molecule has 1 fully saturated rings. The van der Waals surface area contributed by atoms with Crippen LogP contribution in [0.25, 0.3) is 4.91 Å². The van der Waals surface area contributed by atoms with E-state index in [2.05, 4.69) is 45.8 Å². The molecule has 3 N–H and O–H groups in total. The van der Waals surface area contributed by atoms with E-state index in [4.69, 9.17) is 9.72 Å². The number of nitrogens with zero attached hydrogens (tertiary/aromatic N) is 3. The third-order valence-corrected chi connectivity index (χ3v) is 7.40. The Morgan fingerprint density at radius 2 is 2.19 bits per heavy atom. The third kappa shape index (κ3) is 8.47. The van der Waals surface area contributed by atoms with E-state index in [1.54, 1.807) is 19.2 Å². The summed E-state index contributed by atoms with van der Waals surface area (Å²) in [6, 6.07) is 3.78. The van der Waals surface area contributed by atoms with Crippen molar-refractivity contribution in [3.8, 4) is 5.75 Å². The van der Waals surface area contributed by atoms with Crippen molar-refractivity contribution in [2.24, 2.45) is 5.92 Å². The molecule has 8 nitrogen and oxygen atoms in total. The van der Waals surface area contributed by atoms with Gasteiger partial charge in [0.05, 0.1) is 16.8 Å². The molecule has 0 saturated carbocycles. The minimum atomic E-state index is -3.01. The Morgan fingerprint density at radius 1 is 1.41 bits per heavy atom. The molecule has 1 aliphatic rings. The lowest BCUT2D eigenvalue weighted by Crippen LogP contribution is -2.38. The monoisotopic (exact) mass is 552 g/mol. The maximum Gasteiger partial charge on any atom is 0.330 e. The van der Waals surface area contributed by atoms with E-state index >= 15 is 0 Å².